The number of esters is 2. The number of hydrogen-bond acceptors (Lipinski definition) is 5. The van der Waals surface area contributed by atoms with Crippen LogP contribution in [0.4, 0.5) is 0 Å². The van der Waals surface area contributed by atoms with E-state index in [2.05, 4.69) is 57.2 Å². The summed E-state index contributed by atoms with van der Waals surface area (Å²) in [5.74, 6) is -0.401. The fourth-order valence-electron chi connectivity index (χ4n) is 7.31. The second kappa shape index (κ2) is 49.5. The van der Waals surface area contributed by atoms with E-state index in [1.165, 1.54) is 173 Å². The zero-order valence-electron chi connectivity index (χ0n) is 39.1. The third-order valence-electron chi connectivity index (χ3n) is 11.1. The van der Waals surface area contributed by atoms with Gasteiger partial charge in [-0.3, -0.25) is 9.59 Å². The molecule has 0 radical (unpaired) electrons. The lowest BCUT2D eigenvalue weighted by Crippen LogP contribution is -2.30. The van der Waals surface area contributed by atoms with Crippen LogP contribution in [0.25, 0.3) is 0 Å². The lowest BCUT2D eigenvalue weighted by Gasteiger charge is -2.18. The van der Waals surface area contributed by atoms with E-state index < -0.39 is 6.10 Å². The Balaban J connectivity index is 4.25. The summed E-state index contributed by atoms with van der Waals surface area (Å²) in [5.41, 5.74) is 0. The van der Waals surface area contributed by atoms with Crippen molar-refractivity contribution in [2.45, 2.75) is 271 Å². The number of hydrogen-bond donors (Lipinski definition) is 0. The maximum atomic E-state index is 12.8. The van der Waals surface area contributed by atoms with E-state index in [1.807, 2.05) is 0 Å². The minimum Gasteiger partial charge on any atom is -0.462 e. The molecule has 0 saturated heterocycles. The van der Waals surface area contributed by atoms with Crippen LogP contribution < -0.4 is 0 Å². The average molecular weight is 815 g/mol. The molecule has 0 aliphatic carbocycles. The molecular formula is C53H98O5. The van der Waals surface area contributed by atoms with Gasteiger partial charge in [-0.2, -0.15) is 0 Å². The van der Waals surface area contributed by atoms with Crippen molar-refractivity contribution in [3.05, 3.63) is 36.5 Å². The third kappa shape index (κ3) is 46.8. The molecule has 1 atom stereocenters. The normalized spacial score (nSPS) is 12.4. The fourth-order valence-corrected chi connectivity index (χ4v) is 7.31. The van der Waals surface area contributed by atoms with Gasteiger partial charge in [-0.25, -0.2) is 0 Å². The molecular weight excluding hydrogens is 717 g/mol. The van der Waals surface area contributed by atoms with E-state index in [1.54, 1.807) is 0 Å². The first-order valence-corrected chi connectivity index (χ1v) is 25.5. The molecule has 0 amide bonds. The molecule has 5 nitrogen and oxygen atoms in total. The minimum absolute atomic E-state index is 0.0823. The van der Waals surface area contributed by atoms with E-state index in [9.17, 15) is 9.59 Å². The molecule has 0 aromatic rings. The van der Waals surface area contributed by atoms with E-state index in [-0.39, 0.29) is 25.2 Å². The number of ether oxygens (including phenoxy) is 3. The van der Waals surface area contributed by atoms with E-state index in [0.29, 0.717) is 19.4 Å². The highest BCUT2D eigenvalue weighted by Crippen LogP contribution is 2.15. The minimum atomic E-state index is -0.540. The van der Waals surface area contributed by atoms with Gasteiger partial charge in [0, 0.05) is 19.4 Å². The Hall–Kier alpha value is -1.88. The van der Waals surface area contributed by atoms with Crippen molar-refractivity contribution < 1.29 is 23.8 Å². The first-order chi connectivity index (χ1) is 28.6. The Morgan fingerprint density at radius 1 is 0.379 bits per heavy atom. The van der Waals surface area contributed by atoms with Gasteiger partial charge in [-0.05, 0) is 70.6 Å². The highest BCUT2D eigenvalue weighted by Gasteiger charge is 2.17. The van der Waals surface area contributed by atoms with Crippen molar-refractivity contribution in [1.82, 2.24) is 0 Å². The maximum absolute atomic E-state index is 12.8. The maximum Gasteiger partial charge on any atom is 0.306 e. The van der Waals surface area contributed by atoms with Gasteiger partial charge in [0.05, 0.1) is 6.61 Å². The molecule has 0 spiro atoms. The van der Waals surface area contributed by atoms with Gasteiger partial charge in [0.2, 0.25) is 0 Å². The van der Waals surface area contributed by atoms with Gasteiger partial charge in [-0.1, -0.05) is 218 Å². The summed E-state index contributed by atoms with van der Waals surface area (Å²) in [5, 5.41) is 0. The highest BCUT2D eigenvalue weighted by molar-refractivity contribution is 5.70. The number of carbonyl (C=O) groups is 2. The Morgan fingerprint density at radius 2 is 0.759 bits per heavy atom. The SMILES string of the molecule is CCC/C=C\C/C=C\CCCCCCCCOCC(COC(=O)CCCCCCCCCCCCCCCCC)OC(=O)CCCCCCC/C=C\CCCCCC. The predicted octanol–water partition coefficient (Wildman–Crippen LogP) is 17.0. The van der Waals surface area contributed by atoms with Crippen molar-refractivity contribution >= 4 is 11.9 Å². The molecule has 0 aromatic heterocycles. The van der Waals surface area contributed by atoms with Crippen LogP contribution in [0.15, 0.2) is 36.5 Å². The van der Waals surface area contributed by atoms with E-state index >= 15 is 0 Å². The number of allylic oxidation sites excluding steroid dienone is 6. The molecule has 0 saturated carbocycles. The van der Waals surface area contributed by atoms with Crippen LogP contribution >= 0.6 is 0 Å². The van der Waals surface area contributed by atoms with Crippen molar-refractivity contribution in [2.75, 3.05) is 19.8 Å². The summed E-state index contributed by atoms with van der Waals surface area (Å²) >= 11 is 0. The summed E-state index contributed by atoms with van der Waals surface area (Å²) in [6.45, 7) is 7.76. The molecule has 0 heterocycles. The molecule has 58 heavy (non-hydrogen) atoms. The summed E-state index contributed by atoms with van der Waals surface area (Å²) in [6, 6.07) is 0. The fraction of sp³-hybridized carbons (Fsp3) is 0.849. The van der Waals surface area contributed by atoms with Crippen LogP contribution in [0, 0.1) is 0 Å². The van der Waals surface area contributed by atoms with Gasteiger partial charge in [0.1, 0.15) is 6.61 Å². The molecule has 0 aliphatic rings. The molecule has 0 fully saturated rings. The standard InChI is InChI=1S/C53H98O5/c1-4-7-10-13-16-19-22-25-27-29-31-34-37-40-43-46-52(54)57-50-51(49-56-48-45-42-39-36-33-30-26-23-20-17-14-11-8-5-2)58-53(55)47-44-41-38-35-32-28-24-21-18-15-12-9-6-3/h11,14,20-21,23-24,51H,4-10,12-13,15-19,22,25-50H2,1-3H3/b14-11-,23-20-,24-21-. The van der Waals surface area contributed by atoms with Crippen LogP contribution in [0.5, 0.6) is 0 Å². The molecule has 0 aromatic carbocycles. The first-order valence-electron chi connectivity index (χ1n) is 25.5. The van der Waals surface area contributed by atoms with Gasteiger partial charge in [0.15, 0.2) is 6.10 Å². The zero-order chi connectivity index (χ0) is 42.1. The van der Waals surface area contributed by atoms with Crippen LogP contribution in [-0.2, 0) is 23.8 Å². The highest BCUT2D eigenvalue weighted by atomic mass is 16.6. The van der Waals surface area contributed by atoms with E-state index in [4.69, 9.17) is 14.2 Å². The average Bonchev–Trinajstić information content (AvgIpc) is 3.22. The molecule has 5 heteroatoms. The quantitative estimate of drug-likeness (QED) is 0.0348. The van der Waals surface area contributed by atoms with Crippen molar-refractivity contribution in [3.8, 4) is 0 Å². The Bertz CT molecular complexity index is 924. The summed E-state index contributed by atoms with van der Waals surface area (Å²) in [4.78, 5) is 25.4. The topological polar surface area (TPSA) is 61.8 Å². The zero-order valence-corrected chi connectivity index (χ0v) is 39.1. The number of unbranched alkanes of at least 4 members (excludes halogenated alkanes) is 30. The summed E-state index contributed by atoms with van der Waals surface area (Å²) < 4.78 is 17.4. The summed E-state index contributed by atoms with van der Waals surface area (Å²) in [7, 11) is 0. The van der Waals surface area contributed by atoms with Gasteiger partial charge in [-0.15, -0.1) is 0 Å². The second-order valence-electron chi connectivity index (χ2n) is 17.1. The third-order valence-corrected chi connectivity index (χ3v) is 11.1. The second-order valence-corrected chi connectivity index (χ2v) is 17.1. The van der Waals surface area contributed by atoms with Crippen LogP contribution in [0.3, 0.4) is 0 Å². The number of rotatable bonds is 47. The number of carbonyl (C=O) groups excluding carboxylic acids is 2. The monoisotopic (exact) mass is 815 g/mol. The summed E-state index contributed by atoms with van der Waals surface area (Å²) in [6.07, 6.45) is 58.6. The van der Waals surface area contributed by atoms with Crippen molar-refractivity contribution in [1.29, 1.82) is 0 Å². The smallest absolute Gasteiger partial charge is 0.306 e. The van der Waals surface area contributed by atoms with Gasteiger partial charge in [0.25, 0.3) is 0 Å². The Morgan fingerprint density at radius 3 is 1.24 bits per heavy atom. The molecule has 0 rings (SSSR count). The van der Waals surface area contributed by atoms with Gasteiger partial charge < -0.3 is 14.2 Å². The lowest BCUT2D eigenvalue weighted by atomic mass is 10.0. The van der Waals surface area contributed by atoms with Crippen LogP contribution in [0.2, 0.25) is 0 Å². The van der Waals surface area contributed by atoms with Crippen LogP contribution in [0.1, 0.15) is 265 Å². The van der Waals surface area contributed by atoms with Crippen molar-refractivity contribution in [2.24, 2.45) is 0 Å². The predicted molar refractivity (Wildman–Crippen MR) is 252 cm³/mol. The molecule has 1 unspecified atom stereocenters. The molecule has 0 N–H and O–H groups in total. The van der Waals surface area contributed by atoms with Gasteiger partial charge >= 0.3 is 11.9 Å². The van der Waals surface area contributed by atoms with Crippen molar-refractivity contribution in [3.63, 3.8) is 0 Å². The molecule has 340 valence electrons. The molecule has 0 aliphatic heterocycles. The van der Waals surface area contributed by atoms with Crippen LogP contribution in [-0.4, -0.2) is 37.9 Å². The Kier molecular flexibility index (Phi) is 47.9. The van der Waals surface area contributed by atoms with E-state index in [0.717, 1.165) is 57.8 Å². The lowest BCUT2D eigenvalue weighted by molar-refractivity contribution is -0.163. The largest absolute Gasteiger partial charge is 0.462 e. The molecule has 0 bridgehead atoms. The Labute approximate surface area is 361 Å². The first kappa shape index (κ1) is 56.1.